The van der Waals surface area contributed by atoms with Crippen molar-refractivity contribution in [2.45, 2.75) is 0 Å². The van der Waals surface area contributed by atoms with Gasteiger partial charge in [0.05, 0.1) is 19.8 Å². The molecule has 0 amide bonds. The lowest BCUT2D eigenvalue weighted by Crippen LogP contribution is -2.10. The molecule has 0 spiro atoms. The minimum atomic E-state index is -1.02. The minimum Gasteiger partial charge on any atom is -0.488 e. The van der Waals surface area contributed by atoms with Crippen LogP contribution in [0, 0.1) is 11.6 Å². The molecule has 1 rings (SSSR count). The number of benzene rings is 1. The van der Waals surface area contributed by atoms with Crippen LogP contribution >= 0.6 is 15.9 Å². The van der Waals surface area contributed by atoms with Crippen LogP contribution in [0.25, 0.3) is 0 Å². The lowest BCUT2D eigenvalue weighted by atomic mass is 10.3. The van der Waals surface area contributed by atoms with Crippen molar-refractivity contribution in [3.63, 3.8) is 0 Å². The fourth-order valence-electron chi connectivity index (χ4n) is 1.01. The second-order valence-corrected chi connectivity index (χ2v) is 3.80. The van der Waals surface area contributed by atoms with Crippen LogP contribution in [0.3, 0.4) is 0 Å². The Balaban J connectivity index is 2.47. The number of hydrogen-bond acceptors (Lipinski definition) is 3. The second-order valence-electron chi connectivity index (χ2n) is 2.88. The van der Waals surface area contributed by atoms with Gasteiger partial charge in [-0.25, -0.2) is 4.39 Å². The average Bonchev–Trinajstić information content (AvgIpc) is 2.24. The fourth-order valence-corrected chi connectivity index (χ4v) is 1.42. The van der Waals surface area contributed by atoms with Gasteiger partial charge in [-0.2, -0.15) is 4.39 Å². The van der Waals surface area contributed by atoms with Gasteiger partial charge in [0.2, 0.25) is 5.82 Å². The molecule has 0 bridgehead atoms. The maximum Gasteiger partial charge on any atom is 0.200 e. The van der Waals surface area contributed by atoms with E-state index in [-0.39, 0.29) is 32.2 Å². The number of halogens is 3. The monoisotopic (exact) mass is 296 g/mol. The first-order chi connectivity index (χ1) is 7.65. The Kier molecular flexibility index (Phi) is 5.65. The molecule has 0 atom stereocenters. The van der Waals surface area contributed by atoms with E-state index >= 15 is 0 Å². The zero-order valence-corrected chi connectivity index (χ0v) is 9.97. The normalized spacial score (nSPS) is 10.5. The topological polar surface area (TPSA) is 38.7 Å². The summed E-state index contributed by atoms with van der Waals surface area (Å²) in [6.07, 6.45) is 0. The Bertz CT molecular complexity index is 347. The zero-order chi connectivity index (χ0) is 12.0. The van der Waals surface area contributed by atoms with E-state index in [0.717, 1.165) is 6.07 Å². The van der Waals surface area contributed by atoms with Crippen molar-refractivity contribution < 1.29 is 23.4 Å². The summed E-state index contributed by atoms with van der Waals surface area (Å²) in [5.74, 6) is -2.16. The zero-order valence-electron chi connectivity index (χ0n) is 8.38. The molecule has 0 fully saturated rings. The van der Waals surface area contributed by atoms with Crippen LogP contribution in [0.4, 0.5) is 8.78 Å². The highest BCUT2D eigenvalue weighted by atomic mass is 79.9. The molecule has 0 saturated carbocycles. The molecular formula is C10H11BrF2O3. The summed E-state index contributed by atoms with van der Waals surface area (Å²) in [7, 11) is 0. The van der Waals surface area contributed by atoms with Gasteiger partial charge in [0.15, 0.2) is 11.6 Å². The van der Waals surface area contributed by atoms with Crippen LogP contribution in [0.2, 0.25) is 0 Å². The molecule has 1 N–H and O–H groups in total. The summed E-state index contributed by atoms with van der Waals surface area (Å²) < 4.78 is 36.4. The Morgan fingerprint density at radius 3 is 2.62 bits per heavy atom. The molecule has 90 valence electrons. The summed E-state index contributed by atoms with van der Waals surface area (Å²) in [5.41, 5.74) is 0. The maximum absolute atomic E-state index is 13.2. The van der Waals surface area contributed by atoms with Crippen LogP contribution < -0.4 is 4.74 Å². The first-order valence-electron chi connectivity index (χ1n) is 4.61. The maximum atomic E-state index is 13.2. The van der Waals surface area contributed by atoms with Crippen LogP contribution in [0.15, 0.2) is 16.6 Å². The Labute approximate surface area is 100 Å². The van der Waals surface area contributed by atoms with Crippen molar-refractivity contribution in [2.75, 3.05) is 26.4 Å². The first kappa shape index (κ1) is 13.3. The van der Waals surface area contributed by atoms with E-state index in [9.17, 15) is 8.78 Å². The van der Waals surface area contributed by atoms with E-state index < -0.39 is 11.6 Å². The molecular weight excluding hydrogens is 286 g/mol. The first-order valence-corrected chi connectivity index (χ1v) is 5.40. The second kappa shape index (κ2) is 6.78. The Hall–Kier alpha value is -0.720. The minimum absolute atomic E-state index is 0.0835. The van der Waals surface area contributed by atoms with E-state index in [1.54, 1.807) is 0 Å². The van der Waals surface area contributed by atoms with E-state index in [4.69, 9.17) is 14.6 Å². The molecule has 0 heterocycles. The quantitative estimate of drug-likeness (QED) is 0.645. The van der Waals surface area contributed by atoms with Crippen molar-refractivity contribution in [3.8, 4) is 5.75 Å². The van der Waals surface area contributed by atoms with Gasteiger partial charge in [0, 0.05) is 4.47 Å². The van der Waals surface area contributed by atoms with Gasteiger partial charge >= 0.3 is 0 Å². The lowest BCUT2D eigenvalue weighted by Gasteiger charge is -2.08. The summed E-state index contributed by atoms with van der Waals surface area (Å²) in [5, 5.41) is 8.42. The Morgan fingerprint density at radius 2 is 1.94 bits per heavy atom. The van der Waals surface area contributed by atoms with E-state index in [0.29, 0.717) is 4.47 Å². The molecule has 0 aliphatic heterocycles. The number of ether oxygens (including phenoxy) is 2. The van der Waals surface area contributed by atoms with Crippen molar-refractivity contribution in [1.82, 2.24) is 0 Å². The highest BCUT2D eigenvalue weighted by molar-refractivity contribution is 9.10. The van der Waals surface area contributed by atoms with Crippen LogP contribution in [-0.2, 0) is 4.74 Å². The van der Waals surface area contributed by atoms with Crippen molar-refractivity contribution in [1.29, 1.82) is 0 Å². The average molecular weight is 297 g/mol. The van der Waals surface area contributed by atoms with E-state index in [1.165, 1.54) is 6.07 Å². The standard InChI is InChI=1S/C10H11BrF2O3/c11-7-5-8(12)10(13)9(6-7)16-4-3-15-2-1-14/h5-6,14H,1-4H2. The largest absolute Gasteiger partial charge is 0.488 e. The molecule has 0 radical (unpaired) electrons. The molecule has 0 aliphatic carbocycles. The van der Waals surface area contributed by atoms with Crippen LogP contribution in [0.1, 0.15) is 0 Å². The van der Waals surface area contributed by atoms with Gasteiger partial charge < -0.3 is 14.6 Å². The highest BCUT2D eigenvalue weighted by Crippen LogP contribution is 2.25. The molecule has 0 saturated heterocycles. The van der Waals surface area contributed by atoms with Crippen LogP contribution in [0.5, 0.6) is 5.75 Å². The third-order valence-electron chi connectivity index (χ3n) is 1.68. The summed E-state index contributed by atoms with van der Waals surface area (Å²) in [4.78, 5) is 0. The highest BCUT2D eigenvalue weighted by Gasteiger charge is 2.10. The van der Waals surface area contributed by atoms with Gasteiger partial charge in [-0.3, -0.25) is 0 Å². The molecule has 0 unspecified atom stereocenters. The SMILES string of the molecule is OCCOCCOc1cc(Br)cc(F)c1F. The van der Waals surface area contributed by atoms with Gasteiger partial charge in [-0.05, 0) is 12.1 Å². The molecule has 0 aliphatic rings. The number of rotatable bonds is 6. The van der Waals surface area contributed by atoms with Crippen molar-refractivity contribution in [3.05, 3.63) is 28.2 Å². The lowest BCUT2D eigenvalue weighted by molar-refractivity contribution is 0.0694. The van der Waals surface area contributed by atoms with Crippen LogP contribution in [-0.4, -0.2) is 31.5 Å². The van der Waals surface area contributed by atoms with Crippen molar-refractivity contribution >= 4 is 15.9 Å². The molecule has 3 nitrogen and oxygen atoms in total. The molecule has 0 aromatic heterocycles. The van der Waals surface area contributed by atoms with Gasteiger partial charge in [0.25, 0.3) is 0 Å². The summed E-state index contributed by atoms with van der Waals surface area (Å²) in [6.45, 7) is 0.402. The van der Waals surface area contributed by atoms with Gasteiger partial charge in [-0.1, -0.05) is 15.9 Å². The third-order valence-corrected chi connectivity index (χ3v) is 2.14. The van der Waals surface area contributed by atoms with E-state index in [2.05, 4.69) is 15.9 Å². The predicted molar refractivity (Wildman–Crippen MR) is 57.5 cm³/mol. The smallest absolute Gasteiger partial charge is 0.200 e. The molecule has 16 heavy (non-hydrogen) atoms. The summed E-state index contributed by atoms with van der Waals surface area (Å²) >= 11 is 3.03. The number of aliphatic hydroxyl groups is 1. The Morgan fingerprint density at radius 1 is 1.19 bits per heavy atom. The molecule has 1 aromatic rings. The fraction of sp³-hybridized carbons (Fsp3) is 0.400. The number of aliphatic hydroxyl groups excluding tert-OH is 1. The van der Waals surface area contributed by atoms with E-state index in [1.807, 2.05) is 0 Å². The van der Waals surface area contributed by atoms with Gasteiger partial charge in [0.1, 0.15) is 6.61 Å². The molecule has 1 aromatic carbocycles. The van der Waals surface area contributed by atoms with Gasteiger partial charge in [-0.15, -0.1) is 0 Å². The predicted octanol–water partition coefficient (Wildman–Crippen LogP) is 2.12. The van der Waals surface area contributed by atoms with Crippen molar-refractivity contribution in [2.24, 2.45) is 0 Å². The third kappa shape index (κ3) is 4.03. The number of hydrogen-bond donors (Lipinski definition) is 1. The molecule has 6 heteroatoms. The summed E-state index contributed by atoms with van der Waals surface area (Å²) in [6, 6.07) is 2.36.